The van der Waals surface area contributed by atoms with Crippen molar-refractivity contribution in [2.24, 2.45) is 0 Å². The lowest BCUT2D eigenvalue weighted by Gasteiger charge is -2.30. The zero-order valence-electron chi connectivity index (χ0n) is 13.0. The van der Waals surface area contributed by atoms with Gasteiger partial charge in [0.2, 0.25) is 0 Å². The highest BCUT2D eigenvalue weighted by Crippen LogP contribution is 2.26. The van der Waals surface area contributed by atoms with Crippen molar-refractivity contribution in [1.29, 1.82) is 0 Å². The SMILES string of the molecule is CS[C@@H]1CCCC[C@H]1NC(=O)NCCCn1ccnc1C. The molecule has 21 heavy (non-hydrogen) atoms. The molecule has 0 spiro atoms. The molecule has 5 nitrogen and oxygen atoms in total. The average molecular weight is 310 g/mol. The van der Waals surface area contributed by atoms with Gasteiger partial charge in [0.05, 0.1) is 0 Å². The van der Waals surface area contributed by atoms with Gasteiger partial charge in [-0.2, -0.15) is 11.8 Å². The van der Waals surface area contributed by atoms with E-state index in [1.54, 1.807) is 6.20 Å². The van der Waals surface area contributed by atoms with E-state index in [-0.39, 0.29) is 6.03 Å². The Morgan fingerprint density at radius 2 is 2.29 bits per heavy atom. The van der Waals surface area contributed by atoms with Crippen molar-refractivity contribution in [3.05, 3.63) is 18.2 Å². The maximum absolute atomic E-state index is 12.0. The second kappa shape index (κ2) is 8.32. The van der Waals surface area contributed by atoms with Crippen molar-refractivity contribution in [1.82, 2.24) is 20.2 Å². The molecule has 0 saturated heterocycles. The van der Waals surface area contributed by atoms with Gasteiger partial charge in [-0.25, -0.2) is 9.78 Å². The van der Waals surface area contributed by atoms with Crippen molar-refractivity contribution in [2.45, 2.75) is 56.9 Å². The number of hydrogen-bond acceptors (Lipinski definition) is 3. The van der Waals surface area contributed by atoms with Gasteiger partial charge in [0.25, 0.3) is 0 Å². The van der Waals surface area contributed by atoms with Crippen LogP contribution >= 0.6 is 11.8 Å². The lowest BCUT2D eigenvalue weighted by atomic mass is 9.95. The summed E-state index contributed by atoms with van der Waals surface area (Å²) in [6, 6.07) is 0.299. The Hall–Kier alpha value is -1.17. The van der Waals surface area contributed by atoms with E-state index < -0.39 is 0 Å². The Labute approximate surface area is 131 Å². The largest absolute Gasteiger partial charge is 0.338 e. The van der Waals surface area contributed by atoms with E-state index in [2.05, 4.69) is 26.4 Å². The van der Waals surface area contributed by atoms with Crippen LogP contribution in [0.3, 0.4) is 0 Å². The van der Waals surface area contributed by atoms with Crippen LogP contribution in [0.1, 0.15) is 37.9 Å². The maximum atomic E-state index is 12.0. The molecule has 2 atom stereocenters. The summed E-state index contributed by atoms with van der Waals surface area (Å²) in [6.45, 7) is 3.58. The molecule has 1 aliphatic carbocycles. The summed E-state index contributed by atoms with van der Waals surface area (Å²) < 4.78 is 2.10. The number of carbonyl (C=O) groups is 1. The van der Waals surface area contributed by atoms with E-state index in [0.717, 1.165) is 25.2 Å². The molecule has 1 aliphatic rings. The number of nitrogens with one attached hydrogen (secondary N) is 2. The molecule has 0 aliphatic heterocycles. The molecular weight excluding hydrogens is 284 g/mol. The van der Waals surface area contributed by atoms with Crippen molar-refractivity contribution >= 4 is 17.8 Å². The molecule has 1 saturated carbocycles. The van der Waals surface area contributed by atoms with Gasteiger partial charge in [0.1, 0.15) is 5.82 Å². The van der Waals surface area contributed by atoms with Crippen LogP contribution in [-0.4, -0.2) is 39.7 Å². The third-order valence-corrected chi connectivity index (χ3v) is 5.28. The first kappa shape index (κ1) is 16.2. The highest BCUT2D eigenvalue weighted by atomic mass is 32.2. The molecule has 0 aromatic carbocycles. The molecule has 2 amide bonds. The van der Waals surface area contributed by atoms with Gasteiger partial charge in [-0.1, -0.05) is 12.8 Å². The van der Waals surface area contributed by atoms with Crippen LogP contribution in [0.25, 0.3) is 0 Å². The third-order valence-electron chi connectivity index (χ3n) is 4.11. The number of aryl methyl sites for hydroxylation is 2. The number of urea groups is 1. The minimum absolute atomic E-state index is 0.0247. The van der Waals surface area contributed by atoms with Crippen LogP contribution in [0.5, 0.6) is 0 Å². The Morgan fingerprint density at radius 3 is 3.00 bits per heavy atom. The van der Waals surface area contributed by atoms with Gasteiger partial charge in [0.15, 0.2) is 0 Å². The quantitative estimate of drug-likeness (QED) is 0.794. The lowest BCUT2D eigenvalue weighted by molar-refractivity contribution is 0.233. The molecule has 1 aromatic heterocycles. The Balaban J connectivity index is 1.64. The Morgan fingerprint density at radius 1 is 1.48 bits per heavy atom. The maximum Gasteiger partial charge on any atom is 0.315 e. The van der Waals surface area contributed by atoms with Gasteiger partial charge < -0.3 is 15.2 Å². The first-order valence-electron chi connectivity index (χ1n) is 7.75. The molecular formula is C15H26N4OS. The number of nitrogens with zero attached hydrogens (tertiary/aromatic N) is 2. The number of imidazole rings is 1. The molecule has 118 valence electrons. The van der Waals surface area contributed by atoms with Crippen LogP contribution in [0.2, 0.25) is 0 Å². The molecule has 0 radical (unpaired) electrons. The fraction of sp³-hybridized carbons (Fsp3) is 0.733. The van der Waals surface area contributed by atoms with Crippen molar-refractivity contribution in [3.63, 3.8) is 0 Å². The Kier molecular flexibility index (Phi) is 6.42. The highest BCUT2D eigenvalue weighted by Gasteiger charge is 2.25. The van der Waals surface area contributed by atoms with E-state index in [1.807, 2.05) is 24.9 Å². The van der Waals surface area contributed by atoms with Crippen LogP contribution < -0.4 is 10.6 Å². The fourth-order valence-electron chi connectivity index (χ4n) is 2.85. The van der Waals surface area contributed by atoms with Gasteiger partial charge in [-0.15, -0.1) is 0 Å². The van der Waals surface area contributed by atoms with Crippen LogP contribution in [-0.2, 0) is 6.54 Å². The highest BCUT2D eigenvalue weighted by molar-refractivity contribution is 7.99. The summed E-state index contributed by atoms with van der Waals surface area (Å²) in [7, 11) is 0. The average Bonchev–Trinajstić information content (AvgIpc) is 2.89. The van der Waals surface area contributed by atoms with Gasteiger partial charge >= 0.3 is 6.03 Å². The van der Waals surface area contributed by atoms with Crippen LogP contribution in [0.4, 0.5) is 4.79 Å². The standard InChI is InChI=1S/C15H26N4OS/c1-12-16-9-11-19(12)10-5-8-17-15(20)18-13-6-3-4-7-14(13)21-2/h9,11,13-14H,3-8,10H2,1-2H3,(H2,17,18,20)/t13-,14-/m1/s1. The van der Waals surface area contributed by atoms with E-state index >= 15 is 0 Å². The number of thioether (sulfide) groups is 1. The van der Waals surface area contributed by atoms with Gasteiger partial charge in [-0.3, -0.25) is 0 Å². The number of amides is 2. The van der Waals surface area contributed by atoms with Gasteiger partial charge in [0, 0.05) is 36.8 Å². The first-order chi connectivity index (χ1) is 10.2. The Bertz CT molecular complexity index is 449. The topological polar surface area (TPSA) is 59.0 Å². The molecule has 0 bridgehead atoms. The molecule has 1 aromatic rings. The predicted octanol–water partition coefficient (Wildman–Crippen LogP) is 2.56. The molecule has 0 unspecified atom stereocenters. The van der Waals surface area contributed by atoms with Crippen LogP contribution in [0.15, 0.2) is 12.4 Å². The van der Waals surface area contributed by atoms with Crippen LogP contribution in [0, 0.1) is 6.92 Å². The number of rotatable bonds is 6. The number of carbonyl (C=O) groups excluding carboxylic acids is 1. The summed E-state index contributed by atoms with van der Waals surface area (Å²) in [5.41, 5.74) is 0. The molecule has 2 rings (SSSR count). The molecule has 6 heteroatoms. The van der Waals surface area contributed by atoms with E-state index in [4.69, 9.17) is 0 Å². The van der Waals surface area contributed by atoms with Crippen molar-refractivity contribution in [3.8, 4) is 0 Å². The van der Waals surface area contributed by atoms with E-state index in [9.17, 15) is 4.79 Å². The summed E-state index contributed by atoms with van der Waals surface area (Å²) in [4.78, 5) is 16.1. The van der Waals surface area contributed by atoms with Crippen molar-refractivity contribution < 1.29 is 4.79 Å². The van der Waals surface area contributed by atoms with E-state index in [0.29, 0.717) is 17.8 Å². The summed E-state index contributed by atoms with van der Waals surface area (Å²) in [6.07, 6.45) is 11.7. The number of aromatic nitrogens is 2. The van der Waals surface area contributed by atoms with Crippen molar-refractivity contribution in [2.75, 3.05) is 12.8 Å². The summed E-state index contributed by atoms with van der Waals surface area (Å²) in [5, 5.41) is 6.67. The predicted molar refractivity (Wildman–Crippen MR) is 87.7 cm³/mol. The lowest BCUT2D eigenvalue weighted by Crippen LogP contribution is -2.48. The number of hydrogen-bond donors (Lipinski definition) is 2. The third kappa shape index (κ3) is 4.95. The second-order valence-corrected chi connectivity index (χ2v) is 6.66. The zero-order chi connectivity index (χ0) is 15.1. The smallest absolute Gasteiger partial charge is 0.315 e. The molecule has 1 heterocycles. The zero-order valence-corrected chi connectivity index (χ0v) is 13.8. The van der Waals surface area contributed by atoms with Gasteiger partial charge in [-0.05, 0) is 32.4 Å². The van der Waals surface area contributed by atoms with E-state index in [1.165, 1.54) is 19.3 Å². The normalized spacial score (nSPS) is 22.0. The minimum Gasteiger partial charge on any atom is -0.338 e. The first-order valence-corrected chi connectivity index (χ1v) is 9.04. The fourth-order valence-corrected chi connectivity index (χ4v) is 3.79. The monoisotopic (exact) mass is 310 g/mol. The summed E-state index contributed by atoms with van der Waals surface area (Å²) >= 11 is 1.87. The summed E-state index contributed by atoms with van der Waals surface area (Å²) in [5.74, 6) is 1.02. The second-order valence-electron chi connectivity index (χ2n) is 5.59. The molecule has 2 N–H and O–H groups in total. The molecule has 1 fully saturated rings. The minimum atomic E-state index is -0.0247.